The molecule has 0 aromatic carbocycles. The minimum absolute atomic E-state index is 0.278. The molecule has 140 valence electrons. The minimum atomic E-state index is 0.278. The molecule has 0 bridgehead atoms. The Hall–Kier alpha value is -1.69. The first-order valence-corrected chi connectivity index (χ1v) is 10.7. The molecule has 1 aliphatic heterocycles. The van der Waals surface area contributed by atoms with Crippen molar-refractivity contribution in [3.05, 3.63) is 16.3 Å². The number of amides is 1. The minimum Gasteiger partial charge on any atom is -0.352 e. The molecular weight excluding hydrogens is 344 g/mol. The molecule has 2 fully saturated rings. The lowest BCUT2D eigenvalue weighted by molar-refractivity contribution is -0.135. The van der Waals surface area contributed by atoms with Gasteiger partial charge in [-0.25, -0.2) is 9.97 Å². The third-order valence-corrected chi connectivity index (χ3v) is 7.07. The van der Waals surface area contributed by atoms with E-state index >= 15 is 0 Å². The van der Waals surface area contributed by atoms with E-state index in [4.69, 9.17) is 9.97 Å². The quantitative estimate of drug-likeness (QED) is 0.824. The average Bonchev–Trinajstić information content (AvgIpc) is 3.29. The molecule has 2 aliphatic rings. The molecule has 1 saturated heterocycles. The summed E-state index contributed by atoms with van der Waals surface area (Å²) in [5.41, 5.74) is 1.30. The Kier molecular flexibility index (Phi) is 4.86. The number of aryl methyl sites for hydroxylation is 3. The summed E-state index contributed by atoms with van der Waals surface area (Å²) in [7, 11) is 0. The lowest BCUT2D eigenvalue weighted by Gasteiger charge is -2.37. The number of carbonyl (C=O) groups excluding carboxylic acids is 1. The molecule has 2 aromatic heterocycles. The molecule has 3 heterocycles. The summed E-state index contributed by atoms with van der Waals surface area (Å²) in [4.78, 5) is 29.2. The molecule has 4 rings (SSSR count). The van der Waals surface area contributed by atoms with Gasteiger partial charge in [-0.05, 0) is 32.3 Å². The molecule has 0 radical (unpaired) electrons. The Labute approximate surface area is 159 Å². The highest BCUT2D eigenvalue weighted by Gasteiger charge is 2.30. The highest BCUT2D eigenvalue weighted by molar-refractivity contribution is 7.18. The van der Waals surface area contributed by atoms with Crippen LogP contribution in [-0.2, 0) is 11.2 Å². The summed E-state index contributed by atoms with van der Waals surface area (Å²) in [6.07, 6.45) is 5.44. The van der Waals surface area contributed by atoms with Crippen molar-refractivity contribution in [3.8, 4) is 0 Å². The summed E-state index contributed by atoms with van der Waals surface area (Å²) < 4.78 is 0. The molecule has 0 unspecified atom stereocenters. The maximum Gasteiger partial charge on any atom is 0.225 e. The first-order chi connectivity index (χ1) is 12.6. The van der Waals surface area contributed by atoms with E-state index in [9.17, 15) is 4.79 Å². The molecule has 2 aromatic rings. The fourth-order valence-electron chi connectivity index (χ4n) is 4.23. The number of aromatic nitrogens is 2. The van der Waals surface area contributed by atoms with Gasteiger partial charge in [-0.1, -0.05) is 19.8 Å². The van der Waals surface area contributed by atoms with Crippen molar-refractivity contribution in [3.63, 3.8) is 0 Å². The summed E-state index contributed by atoms with van der Waals surface area (Å²) >= 11 is 1.77. The lowest BCUT2D eigenvalue weighted by atomic mass is 10.1. The second-order valence-corrected chi connectivity index (χ2v) is 8.78. The topological polar surface area (TPSA) is 49.3 Å². The maximum absolute atomic E-state index is 12.7. The second-order valence-electron chi connectivity index (χ2n) is 7.57. The fourth-order valence-corrected chi connectivity index (χ4v) is 5.27. The van der Waals surface area contributed by atoms with Crippen molar-refractivity contribution in [2.24, 2.45) is 5.92 Å². The van der Waals surface area contributed by atoms with Gasteiger partial charge in [0.05, 0.1) is 5.39 Å². The van der Waals surface area contributed by atoms with E-state index in [2.05, 4.69) is 30.6 Å². The van der Waals surface area contributed by atoms with Crippen LogP contribution in [0.1, 0.15) is 48.9 Å². The van der Waals surface area contributed by atoms with E-state index in [1.165, 1.54) is 28.7 Å². The molecule has 6 heteroatoms. The average molecular weight is 373 g/mol. The number of anilines is 1. The molecule has 26 heavy (non-hydrogen) atoms. The van der Waals surface area contributed by atoms with Gasteiger partial charge >= 0.3 is 0 Å². The van der Waals surface area contributed by atoms with E-state index in [-0.39, 0.29) is 5.92 Å². The largest absolute Gasteiger partial charge is 0.352 e. The zero-order valence-corrected chi connectivity index (χ0v) is 16.9. The van der Waals surface area contributed by atoms with E-state index in [0.717, 1.165) is 61.9 Å². The van der Waals surface area contributed by atoms with E-state index in [1.807, 2.05) is 0 Å². The standard InChI is InChI=1S/C20H28N4OS/c1-4-16-21-18(17-13(2)14(3)26-19(17)22-16)23-9-11-24(12-10-23)20(25)15-7-5-6-8-15/h15H,4-12H2,1-3H3. The number of rotatable bonds is 3. The lowest BCUT2D eigenvalue weighted by Crippen LogP contribution is -2.50. The molecule has 1 aliphatic carbocycles. The summed E-state index contributed by atoms with van der Waals surface area (Å²) in [6.45, 7) is 9.79. The molecule has 0 atom stereocenters. The Morgan fingerprint density at radius 3 is 2.46 bits per heavy atom. The van der Waals surface area contributed by atoms with Crippen LogP contribution in [0.2, 0.25) is 0 Å². The van der Waals surface area contributed by atoms with Crippen molar-refractivity contribution < 1.29 is 4.79 Å². The first-order valence-electron chi connectivity index (χ1n) is 9.88. The highest BCUT2D eigenvalue weighted by atomic mass is 32.1. The zero-order chi connectivity index (χ0) is 18.3. The van der Waals surface area contributed by atoms with Gasteiger partial charge in [0.15, 0.2) is 0 Å². The molecule has 1 amide bonds. The number of nitrogens with zero attached hydrogens (tertiary/aromatic N) is 4. The Bertz CT molecular complexity index is 817. The van der Waals surface area contributed by atoms with Crippen LogP contribution in [-0.4, -0.2) is 47.0 Å². The first kappa shape index (κ1) is 17.7. The van der Waals surface area contributed by atoms with Crippen molar-refractivity contribution in [1.82, 2.24) is 14.9 Å². The molecular formula is C20H28N4OS. The fraction of sp³-hybridized carbons (Fsp3) is 0.650. The smallest absolute Gasteiger partial charge is 0.225 e. The zero-order valence-electron chi connectivity index (χ0n) is 16.0. The van der Waals surface area contributed by atoms with E-state index < -0.39 is 0 Å². The Morgan fingerprint density at radius 2 is 1.81 bits per heavy atom. The van der Waals surface area contributed by atoms with Gasteiger partial charge < -0.3 is 9.80 Å². The van der Waals surface area contributed by atoms with Crippen molar-refractivity contribution in [1.29, 1.82) is 0 Å². The number of fused-ring (bicyclic) bond motifs is 1. The number of carbonyl (C=O) groups is 1. The SMILES string of the molecule is CCc1nc(N2CCN(C(=O)C3CCCC3)CC2)c2c(C)c(C)sc2n1. The van der Waals surface area contributed by atoms with Gasteiger partial charge in [0.25, 0.3) is 0 Å². The number of piperazine rings is 1. The van der Waals surface area contributed by atoms with Gasteiger partial charge in [-0.3, -0.25) is 4.79 Å². The number of hydrogen-bond donors (Lipinski definition) is 0. The predicted molar refractivity (Wildman–Crippen MR) is 107 cm³/mol. The van der Waals surface area contributed by atoms with Crippen molar-refractivity contribution in [2.75, 3.05) is 31.1 Å². The van der Waals surface area contributed by atoms with Crippen molar-refractivity contribution >= 4 is 33.3 Å². The van der Waals surface area contributed by atoms with Gasteiger partial charge in [-0.15, -0.1) is 11.3 Å². The van der Waals surface area contributed by atoms with Crippen LogP contribution < -0.4 is 4.90 Å². The van der Waals surface area contributed by atoms with Gasteiger partial charge in [-0.2, -0.15) is 0 Å². The molecule has 1 saturated carbocycles. The molecule has 0 spiro atoms. The van der Waals surface area contributed by atoms with Gasteiger partial charge in [0.1, 0.15) is 16.5 Å². The predicted octanol–water partition coefficient (Wildman–Crippen LogP) is 3.71. The van der Waals surface area contributed by atoms with Crippen LogP contribution >= 0.6 is 11.3 Å². The number of thiophene rings is 1. The van der Waals surface area contributed by atoms with Crippen LogP contribution in [0.4, 0.5) is 5.82 Å². The highest BCUT2D eigenvalue weighted by Crippen LogP contribution is 2.35. The van der Waals surface area contributed by atoms with E-state index in [1.54, 1.807) is 11.3 Å². The van der Waals surface area contributed by atoms with Crippen LogP contribution in [0.3, 0.4) is 0 Å². The van der Waals surface area contributed by atoms with Crippen LogP contribution in [0.25, 0.3) is 10.2 Å². The summed E-state index contributed by atoms with van der Waals surface area (Å²) in [5, 5.41) is 1.21. The van der Waals surface area contributed by atoms with Crippen molar-refractivity contribution in [2.45, 2.75) is 52.9 Å². The van der Waals surface area contributed by atoms with Gasteiger partial charge in [0, 0.05) is 43.4 Å². The van der Waals surface area contributed by atoms with Crippen LogP contribution in [0.5, 0.6) is 0 Å². The van der Waals surface area contributed by atoms with Crippen LogP contribution in [0.15, 0.2) is 0 Å². The second kappa shape index (κ2) is 7.14. The summed E-state index contributed by atoms with van der Waals surface area (Å²) in [5.74, 6) is 2.65. The molecule has 0 N–H and O–H groups in total. The third-order valence-electron chi connectivity index (χ3n) is 5.97. The molecule has 5 nitrogen and oxygen atoms in total. The number of hydrogen-bond acceptors (Lipinski definition) is 5. The normalized spacial score (nSPS) is 18.9. The van der Waals surface area contributed by atoms with E-state index in [0.29, 0.717) is 5.91 Å². The maximum atomic E-state index is 12.7. The Balaban J connectivity index is 1.56. The van der Waals surface area contributed by atoms with Gasteiger partial charge in [0.2, 0.25) is 5.91 Å². The van der Waals surface area contributed by atoms with Crippen LogP contribution in [0, 0.1) is 19.8 Å². The monoisotopic (exact) mass is 372 g/mol. The third kappa shape index (κ3) is 3.08. The summed E-state index contributed by atoms with van der Waals surface area (Å²) in [6, 6.07) is 0. The Morgan fingerprint density at radius 1 is 1.12 bits per heavy atom.